The quantitative estimate of drug-likeness (QED) is 0.655. The number of para-hydroxylation sites is 1. The Kier molecular flexibility index (Phi) is 9.74. The lowest BCUT2D eigenvalue weighted by molar-refractivity contribution is -0.136. The molecule has 0 aliphatic carbocycles. The smallest absolute Gasteiger partial charge is 0.319 e. The van der Waals surface area contributed by atoms with Crippen molar-refractivity contribution in [3.8, 4) is 0 Å². The summed E-state index contributed by atoms with van der Waals surface area (Å²) in [5.74, 6) is 1.24. The summed E-state index contributed by atoms with van der Waals surface area (Å²) in [5, 5.41) is 9.24. The number of anilines is 1. The van der Waals surface area contributed by atoms with Gasteiger partial charge in [-0.05, 0) is 69.2 Å². The first-order valence-electron chi connectivity index (χ1n) is 10.7. The molecule has 29 heavy (non-hydrogen) atoms. The average molecular weight is 423 g/mol. The lowest BCUT2D eigenvalue weighted by Gasteiger charge is -2.37. The van der Waals surface area contributed by atoms with Gasteiger partial charge in [0.1, 0.15) is 0 Å². The van der Waals surface area contributed by atoms with Gasteiger partial charge in [-0.3, -0.25) is 4.79 Å². The fourth-order valence-electron chi connectivity index (χ4n) is 4.37. The first-order valence-corrected chi connectivity index (χ1v) is 10.7. The predicted molar refractivity (Wildman–Crippen MR) is 119 cm³/mol. The third-order valence-electron chi connectivity index (χ3n) is 6.11. The standard InChI is InChI=1S/C22H34N4O2.ClH/c1-17(18-8-7-12-23-15-18)14-21(27)26-13-6-5-11-20(26)16-24-22(28)25-19-9-3-2-4-10-19;/h2-4,9-10,17-18,20,23H,5-8,11-16H2,1H3,(H2,24,25,28);1H. The van der Waals surface area contributed by atoms with Gasteiger partial charge in [-0.1, -0.05) is 25.1 Å². The Hall–Kier alpha value is -1.79. The number of amides is 3. The highest BCUT2D eigenvalue weighted by Crippen LogP contribution is 2.25. The van der Waals surface area contributed by atoms with Crippen LogP contribution < -0.4 is 16.0 Å². The number of nitrogens with zero attached hydrogens (tertiary/aromatic N) is 1. The second-order valence-corrected chi connectivity index (χ2v) is 8.23. The first-order chi connectivity index (χ1) is 13.6. The number of hydrogen-bond acceptors (Lipinski definition) is 3. The molecular weight excluding hydrogens is 388 g/mol. The molecule has 7 heteroatoms. The van der Waals surface area contributed by atoms with Gasteiger partial charge in [-0.25, -0.2) is 4.79 Å². The molecule has 3 unspecified atom stereocenters. The van der Waals surface area contributed by atoms with Gasteiger partial charge < -0.3 is 20.9 Å². The largest absolute Gasteiger partial charge is 0.338 e. The molecule has 3 amide bonds. The van der Waals surface area contributed by atoms with Crippen LogP contribution in [-0.2, 0) is 4.79 Å². The van der Waals surface area contributed by atoms with Crippen LogP contribution in [0.25, 0.3) is 0 Å². The zero-order chi connectivity index (χ0) is 19.8. The number of nitrogens with one attached hydrogen (secondary N) is 3. The van der Waals surface area contributed by atoms with E-state index in [-0.39, 0.29) is 30.4 Å². The van der Waals surface area contributed by atoms with Gasteiger partial charge in [0.2, 0.25) is 5.91 Å². The number of carbonyl (C=O) groups excluding carboxylic acids is 2. The molecule has 162 valence electrons. The number of halogens is 1. The molecule has 2 heterocycles. The third-order valence-corrected chi connectivity index (χ3v) is 6.11. The fraction of sp³-hybridized carbons (Fsp3) is 0.636. The van der Waals surface area contributed by atoms with Crippen molar-refractivity contribution in [2.24, 2.45) is 11.8 Å². The van der Waals surface area contributed by atoms with Crippen molar-refractivity contribution in [1.29, 1.82) is 0 Å². The van der Waals surface area contributed by atoms with Crippen molar-refractivity contribution in [1.82, 2.24) is 15.5 Å². The van der Waals surface area contributed by atoms with E-state index >= 15 is 0 Å². The summed E-state index contributed by atoms with van der Waals surface area (Å²) in [6.45, 7) is 5.64. The first kappa shape index (κ1) is 23.5. The topological polar surface area (TPSA) is 73.5 Å². The number of likely N-dealkylation sites (tertiary alicyclic amines) is 1. The second kappa shape index (κ2) is 12.0. The van der Waals surface area contributed by atoms with Crippen LogP contribution in [0.1, 0.15) is 45.4 Å². The van der Waals surface area contributed by atoms with Crippen LogP contribution in [-0.4, -0.2) is 49.1 Å². The molecule has 0 aromatic heterocycles. The number of benzene rings is 1. The van der Waals surface area contributed by atoms with Crippen LogP contribution in [0.2, 0.25) is 0 Å². The van der Waals surface area contributed by atoms with Crippen LogP contribution >= 0.6 is 12.4 Å². The second-order valence-electron chi connectivity index (χ2n) is 8.23. The lowest BCUT2D eigenvalue weighted by atomic mass is 9.85. The van der Waals surface area contributed by atoms with Crippen LogP contribution in [0.4, 0.5) is 10.5 Å². The van der Waals surface area contributed by atoms with Crippen LogP contribution in [0.5, 0.6) is 0 Å². The van der Waals surface area contributed by atoms with Gasteiger partial charge in [0.15, 0.2) is 0 Å². The Morgan fingerprint density at radius 3 is 2.69 bits per heavy atom. The summed E-state index contributed by atoms with van der Waals surface area (Å²) < 4.78 is 0. The van der Waals surface area contributed by atoms with Crippen LogP contribution in [0.3, 0.4) is 0 Å². The number of carbonyl (C=O) groups is 2. The van der Waals surface area contributed by atoms with Crippen molar-refractivity contribution >= 4 is 30.0 Å². The maximum atomic E-state index is 13.0. The maximum Gasteiger partial charge on any atom is 0.319 e. The zero-order valence-corrected chi connectivity index (χ0v) is 18.2. The molecule has 0 spiro atoms. The van der Waals surface area contributed by atoms with Gasteiger partial charge in [0.05, 0.1) is 0 Å². The normalized spacial score (nSPS) is 22.9. The summed E-state index contributed by atoms with van der Waals surface area (Å²) in [7, 11) is 0. The number of hydrogen-bond donors (Lipinski definition) is 3. The van der Waals surface area contributed by atoms with Gasteiger partial charge in [-0.2, -0.15) is 0 Å². The number of piperidine rings is 2. The van der Waals surface area contributed by atoms with Crippen LogP contribution in [0.15, 0.2) is 30.3 Å². The van der Waals surface area contributed by atoms with E-state index in [1.54, 1.807) is 0 Å². The van der Waals surface area contributed by atoms with E-state index in [1.807, 2.05) is 35.2 Å². The Labute approximate surface area is 180 Å². The Balaban J connectivity index is 0.00000300. The van der Waals surface area contributed by atoms with E-state index < -0.39 is 0 Å². The summed E-state index contributed by atoms with van der Waals surface area (Å²) in [6.07, 6.45) is 6.15. The van der Waals surface area contributed by atoms with Gasteiger partial charge in [0.25, 0.3) is 0 Å². The summed E-state index contributed by atoms with van der Waals surface area (Å²) in [5.41, 5.74) is 0.770. The third kappa shape index (κ3) is 7.19. The highest BCUT2D eigenvalue weighted by molar-refractivity contribution is 5.89. The molecule has 0 radical (unpaired) electrons. The van der Waals surface area contributed by atoms with E-state index in [1.165, 1.54) is 12.8 Å². The highest BCUT2D eigenvalue weighted by atomic mass is 35.5. The fourth-order valence-corrected chi connectivity index (χ4v) is 4.37. The minimum Gasteiger partial charge on any atom is -0.338 e. The molecule has 1 aromatic rings. The van der Waals surface area contributed by atoms with Gasteiger partial charge in [0, 0.05) is 31.2 Å². The van der Waals surface area contributed by atoms with E-state index in [9.17, 15) is 9.59 Å². The highest BCUT2D eigenvalue weighted by Gasteiger charge is 2.30. The molecule has 6 nitrogen and oxygen atoms in total. The predicted octanol–water partition coefficient (Wildman–Crippen LogP) is 3.64. The molecule has 1 aromatic carbocycles. The number of rotatable bonds is 6. The molecule has 2 aliphatic rings. The van der Waals surface area contributed by atoms with Crippen LogP contribution in [0, 0.1) is 11.8 Å². The molecule has 3 rings (SSSR count). The van der Waals surface area contributed by atoms with Crippen molar-refractivity contribution in [3.63, 3.8) is 0 Å². The molecule has 0 saturated carbocycles. The summed E-state index contributed by atoms with van der Waals surface area (Å²) in [6, 6.07) is 9.29. The van der Waals surface area contributed by atoms with Gasteiger partial charge in [-0.15, -0.1) is 12.4 Å². The molecule has 3 atom stereocenters. The lowest BCUT2D eigenvalue weighted by Crippen LogP contribution is -2.50. The molecule has 2 fully saturated rings. The Bertz CT molecular complexity index is 637. The van der Waals surface area contributed by atoms with Crippen molar-refractivity contribution in [3.05, 3.63) is 30.3 Å². The van der Waals surface area contributed by atoms with E-state index in [4.69, 9.17) is 0 Å². The molecule has 3 N–H and O–H groups in total. The van der Waals surface area contributed by atoms with Crippen molar-refractivity contribution in [2.75, 3.05) is 31.5 Å². The van der Waals surface area contributed by atoms with E-state index in [2.05, 4.69) is 22.9 Å². The minimum absolute atomic E-state index is 0. The Morgan fingerprint density at radius 2 is 1.97 bits per heavy atom. The minimum atomic E-state index is -0.217. The van der Waals surface area contributed by atoms with Crippen molar-refractivity contribution in [2.45, 2.75) is 51.5 Å². The summed E-state index contributed by atoms with van der Waals surface area (Å²) >= 11 is 0. The van der Waals surface area contributed by atoms with Crippen molar-refractivity contribution < 1.29 is 9.59 Å². The zero-order valence-electron chi connectivity index (χ0n) is 17.4. The average Bonchev–Trinajstić information content (AvgIpc) is 2.73. The molecular formula is C22H35ClN4O2. The number of urea groups is 1. The molecule has 0 bridgehead atoms. The summed E-state index contributed by atoms with van der Waals surface area (Å²) in [4.78, 5) is 27.2. The van der Waals surface area contributed by atoms with E-state index in [0.717, 1.165) is 44.6 Å². The van der Waals surface area contributed by atoms with Gasteiger partial charge >= 0.3 is 6.03 Å². The monoisotopic (exact) mass is 422 g/mol. The molecule has 2 aliphatic heterocycles. The Morgan fingerprint density at radius 1 is 1.17 bits per heavy atom. The van der Waals surface area contributed by atoms with E-state index in [0.29, 0.717) is 24.8 Å². The maximum absolute atomic E-state index is 13.0. The SMILES string of the molecule is CC(CC(=O)N1CCCCC1CNC(=O)Nc1ccccc1)C1CCCNC1.Cl. The molecule has 2 saturated heterocycles.